The lowest BCUT2D eigenvalue weighted by Crippen LogP contribution is -2.46. The van der Waals surface area contributed by atoms with E-state index >= 15 is 0 Å². The summed E-state index contributed by atoms with van der Waals surface area (Å²) in [6.07, 6.45) is 5.43. The Labute approximate surface area is 151 Å². The Balaban J connectivity index is 1.46. The summed E-state index contributed by atoms with van der Waals surface area (Å²) in [5, 5.41) is 4.23. The highest BCUT2D eigenvalue weighted by Gasteiger charge is 2.44. The Kier molecular flexibility index (Phi) is 4.74. The third-order valence-electron chi connectivity index (χ3n) is 5.00. The van der Waals surface area contributed by atoms with Crippen molar-refractivity contribution in [1.29, 1.82) is 0 Å². The Morgan fingerprint density at radius 1 is 1.38 bits per heavy atom. The molecule has 4 rings (SSSR count). The number of rotatable bonds is 3. The zero-order valence-electron chi connectivity index (χ0n) is 14.5. The van der Waals surface area contributed by atoms with Gasteiger partial charge < -0.3 is 14.4 Å². The molecule has 1 spiro atoms. The van der Waals surface area contributed by atoms with Crippen molar-refractivity contribution < 1.29 is 18.7 Å². The topological polar surface area (TPSA) is 56.6 Å². The molecule has 1 amide bonds. The molecule has 3 heterocycles. The number of nitrogens with zero attached hydrogens (tertiary/aromatic N) is 3. The molecule has 0 aliphatic carbocycles. The van der Waals surface area contributed by atoms with Crippen LogP contribution < -0.4 is 0 Å². The summed E-state index contributed by atoms with van der Waals surface area (Å²) >= 11 is 0. The Hall–Kier alpha value is -2.25. The first-order chi connectivity index (χ1) is 12.6. The van der Waals surface area contributed by atoms with Crippen LogP contribution in [0, 0.1) is 5.82 Å². The molecule has 2 unspecified atom stereocenters. The third-order valence-corrected chi connectivity index (χ3v) is 5.00. The van der Waals surface area contributed by atoms with Gasteiger partial charge in [-0.05, 0) is 37.1 Å². The normalized spacial score (nSPS) is 26.2. The molecule has 0 radical (unpaired) electrons. The summed E-state index contributed by atoms with van der Waals surface area (Å²) in [5.41, 5.74) is -0.148. The first-order valence-electron chi connectivity index (χ1n) is 8.91. The molecule has 2 atom stereocenters. The second kappa shape index (κ2) is 7.17. The van der Waals surface area contributed by atoms with E-state index in [-0.39, 0.29) is 12.0 Å². The minimum absolute atomic E-state index is 0.0442. The van der Waals surface area contributed by atoms with Crippen molar-refractivity contribution in [2.45, 2.75) is 31.1 Å². The lowest BCUT2D eigenvalue weighted by molar-refractivity contribution is -0.0881. The third kappa shape index (κ3) is 3.64. The number of hydrogen-bond acceptors (Lipinski definition) is 4. The molecule has 6 nitrogen and oxygen atoms in total. The van der Waals surface area contributed by atoms with E-state index in [1.165, 1.54) is 12.1 Å². The molecule has 1 aromatic carbocycles. The molecule has 1 aromatic heterocycles. The minimum Gasteiger partial charge on any atom is -0.377 e. The van der Waals surface area contributed by atoms with Gasteiger partial charge in [0, 0.05) is 24.5 Å². The molecule has 2 saturated heterocycles. The number of carbonyl (C=O) groups is 1. The first-order valence-corrected chi connectivity index (χ1v) is 8.91. The van der Waals surface area contributed by atoms with Crippen LogP contribution in [0.5, 0.6) is 0 Å². The van der Waals surface area contributed by atoms with Gasteiger partial charge >= 0.3 is 0 Å². The van der Waals surface area contributed by atoms with Crippen molar-refractivity contribution in [2.24, 2.45) is 0 Å². The van der Waals surface area contributed by atoms with Gasteiger partial charge in [0.1, 0.15) is 11.4 Å². The molecule has 0 bridgehead atoms. The van der Waals surface area contributed by atoms with Gasteiger partial charge in [-0.3, -0.25) is 9.48 Å². The monoisotopic (exact) mass is 359 g/mol. The van der Waals surface area contributed by atoms with E-state index in [4.69, 9.17) is 9.47 Å². The highest BCUT2D eigenvalue weighted by atomic mass is 19.1. The predicted octanol–water partition coefficient (Wildman–Crippen LogP) is 2.11. The van der Waals surface area contributed by atoms with E-state index in [1.807, 2.05) is 16.9 Å². The average molecular weight is 359 g/mol. The number of aromatic nitrogens is 2. The van der Waals surface area contributed by atoms with Gasteiger partial charge in [-0.2, -0.15) is 5.10 Å². The lowest BCUT2D eigenvalue weighted by atomic mass is 9.99. The summed E-state index contributed by atoms with van der Waals surface area (Å²) < 4.78 is 27.4. The Morgan fingerprint density at radius 3 is 3.12 bits per heavy atom. The fourth-order valence-corrected chi connectivity index (χ4v) is 3.75. The van der Waals surface area contributed by atoms with Gasteiger partial charge in [-0.25, -0.2) is 4.39 Å². The van der Waals surface area contributed by atoms with E-state index in [2.05, 4.69) is 5.10 Å². The van der Waals surface area contributed by atoms with Crippen LogP contribution >= 0.6 is 0 Å². The largest absolute Gasteiger partial charge is 0.377 e. The van der Waals surface area contributed by atoms with Crippen LogP contribution in [0.3, 0.4) is 0 Å². The molecule has 2 fully saturated rings. The number of amides is 1. The second-order valence-corrected chi connectivity index (χ2v) is 6.98. The van der Waals surface area contributed by atoms with Crippen LogP contribution in [0.1, 0.15) is 23.2 Å². The molecule has 7 heteroatoms. The van der Waals surface area contributed by atoms with Crippen LogP contribution in [0.2, 0.25) is 0 Å². The first kappa shape index (κ1) is 17.2. The van der Waals surface area contributed by atoms with Crippen LogP contribution in [-0.2, 0) is 16.0 Å². The van der Waals surface area contributed by atoms with Crippen molar-refractivity contribution in [1.82, 2.24) is 14.7 Å². The van der Waals surface area contributed by atoms with Crippen molar-refractivity contribution >= 4 is 5.91 Å². The van der Waals surface area contributed by atoms with E-state index < -0.39 is 11.4 Å². The maximum atomic E-state index is 13.5. The highest BCUT2D eigenvalue weighted by Crippen LogP contribution is 2.34. The van der Waals surface area contributed by atoms with E-state index in [0.29, 0.717) is 38.4 Å². The predicted molar refractivity (Wildman–Crippen MR) is 92.2 cm³/mol. The number of hydrogen-bond donors (Lipinski definition) is 0. The summed E-state index contributed by atoms with van der Waals surface area (Å²) in [4.78, 5) is 14.5. The van der Waals surface area contributed by atoms with Crippen LogP contribution in [0.25, 0.3) is 0 Å². The number of halogens is 1. The Bertz CT molecular complexity index is 767. The molecule has 138 valence electrons. The number of benzene rings is 1. The van der Waals surface area contributed by atoms with E-state index in [1.54, 1.807) is 23.2 Å². The maximum Gasteiger partial charge on any atom is 0.254 e. The van der Waals surface area contributed by atoms with Crippen LogP contribution in [0.4, 0.5) is 4.39 Å². The zero-order valence-corrected chi connectivity index (χ0v) is 14.5. The second-order valence-electron chi connectivity index (χ2n) is 6.98. The standard InChI is InChI=1S/C19H22FN3O3/c20-16-4-1-3-15(11-16)18(24)22-9-10-25-14-19(13-22)6-5-17(26-19)12-23-8-2-7-21-23/h1-4,7-8,11,17H,5-6,9-10,12-14H2. The molecule has 2 aromatic rings. The van der Waals surface area contributed by atoms with Crippen molar-refractivity contribution in [3.05, 3.63) is 54.1 Å². The fourth-order valence-electron chi connectivity index (χ4n) is 3.75. The molecular weight excluding hydrogens is 337 g/mol. The van der Waals surface area contributed by atoms with Gasteiger partial charge in [0.15, 0.2) is 0 Å². The molecule has 2 aliphatic heterocycles. The summed E-state index contributed by atoms with van der Waals surface area (Å²) in [6.45, 7) is 2.54. The van der Waals surface area contributed by atoms with Crippen molar-refractivity contribution in [3.8, 4) is 0 Å². The number of ether oxygens (including phenoxy) is 2. The van der Waals surface area contributed by atoms with Gasteiger partial charge in [0.25, 0.3) is 5.91 Å². The van der Waals surface area contributed by atoms with Gasteiger partial charge in [-0.1, -0.05) is 6.07 Å². The van der Waals surface area contributed by atoms with Crippen molar-refractivity contribution in [2.75, 3.05) is 26.3 Å². The Morgan fingerprint density at radius 2 is 2.31 bits per heavy atom. The molecular formula is C19H22FN3O3. The van der Waals surface area contributed by atoms with Crippen LogP contribution in [-0.4, -0.2) is 58.6 Å². The smallest absolute Gasteiger partial charge is 0.254 e. The van der Waals surface area contributed by atoms with Gasteiger partial charge in [0.05, 0.1) is 32.4 Å². The summed E-state index contributed by atoms with van der Waals surface area (Å²) in [5.74, 6) is -0.596. The fraction of sp³-hybridized carbons (Fsp3) is 0.474. The minimum atomic E-state index is -0.503. The van der Waals surface area contributed by atoms with Gasteiger partial charge in [-0.15, -0.1) is 0 Å². The van der Waals surface area contributed by atoms with E-state index in [0.717, 1.165) is 12.8 Å². The maximum absolute atomic E-state index is 13.5. The van der Waals surface area contributed by atoms with E-state index in [9.17, 15) is 9.18 Å². The molecule has 2 aliphatic rings. The summed E-state index contributed by atoms with van der Waals surface area (Å²) in [7, 11) is 0. The highest BCUT2D eigenvalue weighted by molar-refractivity contribution is 5.94. The zero-order chi connectivity index (χ0) is 18.0. The number of carbonyl (C=O) groups excluding carboxylic acids is 1. The molecule has 0 saturated carbocycles. The molecule has 0 N–H and O–H groups in total. The van der Waals surface area contributed by atoms with Crippen molar-refractivity contribution in [3.63, 3.8) is 0 Å². The quantitative estimate of drug-likeness (QED) is 0.842. The SMILES string of the molecule is O=C(c1cccc(F)c1)N1CCOCC2(CCC(Cn3cccn3)O2)C1. The molecule has 26 heavy (non-hydrogen) atoms. The van der Waals surface area contributed by atoms with Gasteiger partial charge in [0.2, 0.25) is 0 Å². The summed E-state index contributed by atoms with van der Waals surface area (Å²) in [6, 6.07) is 7.69. The van der Waals surface area contributed by atoms with Crippen LogP contribution in [0.15, 0.2) is 42.7 Å². The average Bonchev–Trinajstić information content (AvgIpc) is 3.22. The lowest BCUT2D eigenvalue weighted by Gasteiger charge is -2.32.